The van der Waals surface area contributed by atoms with Gasteiger partial charge in [0.05, 0.1) is 6.10 Å². The van der Waals surface area contributed by atoms with Crippen molar-refractivity contribution in [1.82, 2.24) is 0 Å². The summed E-state index contributed by atoms with van der Waals surface area (Å²) in [4.78, 5) is 0. The van der Waals surface area contributed by atoms with E-state index in [2.05, 4.69) is 0 Å². The molecule has 0 heterocycles. The molecule has 5 heteroatoms. The van der Waals surface area contributed by atoms with Crippen LogP contribution in [0.3, 0.4) is 0 Å². The molecule has 0 aromatic rings. The van der Waals surface area contributed by atoms with Crippen molar-refractivity contribution in [3.8, 4) is 0 Å². The molecule has 1 aliphatic rings. The molecule has 0 N–H and O–H groups in total. The second kappa shape index (κ2) is 3.89. The number of ether oxygens (including phenoxy) is 1. The Morgan fingerprint density at radius 1 is 1.50 bits per heavy atom. The van der Waals surface area contributed by atoms with Crippen molar-refractivity contribution in [3.63, 3.8) is 0 Å². The van der Waals surface area contributed by atoms with Gasteiger partial charge in [-0.05, 0) is 12.8 Å². The first-order valence-electron chi connectivity index (χ1n) is 4.62. The Balaban J connectivity index is 2.41. The molecule has 1 rings (SSSR count). The van der Waals surface area contributed by atoms with Gasteiger partial charge in [-0.2, -0.15) is 13.2 Å². The summed E-state index contributed by atoms with van der Waals surface area (Å²) in [7, 11) is 0. The first-order chi connectivity index (χ1) is 6.29. The van der Waals surface area contributed by atoms with Crippen molar-refractivity contribution < 1.29 is 17.9 Å². The van der Waals surface area contributed by atoms with Crippen molar-refractivity contribution in [3.05, 3.63) is 0 Å². The second-order valence-corrected chi connectivity index (χ2v) is 4.50. The van der Waals surface area contributed by atoms with Crippen LogP contribution in [0.15, 0.2) is 0 Å². The van der Waals surface area contributed by atoms with E-state index in [0.29, 0.717) is 6.42 Å². The highest BCUT2D eigenvalue weighted by Gasteiger charge is 2.51. The fourth-order valence-electron chi connectivity index (χ4n) is 1.67. The molecular weight excluding hydrogens is 217 g/mol. The molecule has 0 aromatic carbocycles. The van der Waals surface area contributed by atoms with Gasteiger partial charge in [-0.15, -0.1) is 11.6 Å². The van der Waals surface area contributed by atoms with Crippen LogP contribution in [0.2, 0.25) is 0 Å². The molecule has 1 saturated carbocycles. The van der Waals surface area contributed by atoms with E-state index in [1.54, 1.807) is 0 Å². The summed E-state index contributed by atoms with van der Waals surface area (Å²) in [6.45, 7) is 2.62. The molecule has 3 unspecified atom stereocenters. The molecule has 0 spiro atoms. The Kier molecular flexibility index (Phi) is 3.37. The molecule has 14 heavy (non-hydrogen) atoms. The predicted molar refractivity (Wildman–Crippen MR) is 48.5 cm³/mol. The largest absolute Gasteiger partial charge is 0.411 e. The molecule has 0 aliphatic heterocycles. The van der Waals surface area contributed by atoms with E-state index in [1.165, 1.54) is 0 Å². The van der Waals surface area contributed by atoms with Crippen LogP contribution < -0.4 is 0 Å². The molecule has 0 bridgehead atoms. The number of rotatable bonds is 3. The first kappa shape index (κ1) is 12.1. The third-order valence-corrected chi connectivity index (χ3v) is 3.76. The minimum atomic E-state index is -4.24. The van der Waals surface area contributed by atoms with Crippen LogP contribution in [0.4, 0.5) is 13.2 Å². The molecule has 1 fully saturated rings. The summed E-state index contributed by atoms with van der Waals surface area (Å²) in [6, 6.07) is 0. The fourth-order valence-corrected chi connectivity index (χ4v) is 2.13. The highest BCUT2D eigenvalue weighted by molar-refractivity contribution is 6.21. The Morgan fingerprint density at radius 3 is 2.43 bits per heavy atom. The van der Waals surface area contributed by atoms with Crippen LogP contribution in [0.5, 0.6) is 0 Å². The number of hydrogen-bond donors (Lipinski definition) is 0. The number of alkyl halides is 4. The van der Waals surface area contributed by atoms with Crippen molar-refractivity contribution >= 4 is 11.6 Å². The van der Waals surface area contributed by atoms with E-state index in [-0.39, 0.29) is 16.9 Å². The minimum absolute atomic E-state index is 0.0641. The Bertz CT molecular complexity index is 207. The topological polar surface area (TPSA) is 9.23 Å². The summed E-state index contributed by atoms with van der Waals surface area (Å²) in [5, 5.41) is -0.0641. The highest BCUT2D eigenvalue weighted by Crippen LogP contribution is 2.49. The van der Waals surface area contributed by atoms with Crippen molar-refractivity contribution in [2.45, 2.75) is 44.3 Å². The minimum Gasteiger partial charge on any atom is -0.368 e. The summed E-state index contributed by atoms with van der Waals surface area (Å²) in [5.74, 6) is 0. The van der Waals surface area contributed by atoms with Crippen LogP contribution in [-0.2, 0) is 4.74 Å². The molecule has 0 aromatic heterocycles. The monoisotopic (exact) mass is 230 g/mol. The maximum Gasteiger partial charge on any atom is 0.411 e. The third-order valence-electron chi connectivity index (χ3n) is 3.08. The van der Waals surface area contributed by atoms with Crippen LogP contribution in [0, 0.1) is 5.41 Å². The maximum atomic E-state index is 11.9. The van der Waals surface area contributed by atoms with Gasteiger partial charge in [0.25, 0.3) is 0 Å². The summed E-state index contributed by atoms with van der Waals surface area (Å²) < 4.78 is 40.4. The Morgan fingerprint density at radius 2 is 2.07 bits per heavy atom. The highest BCUT2D eigenvalue weighted by atomic mass is 35.5. The van der Waals surface area contributed by atoms with Gasteiger partial charge >= 0.3 is 6.18 Å². The smallest absolute Gasteiger partial charge is 0.368 e. The second-order valence-electron chi connectivity index (χ2n) is 3.98. The molecule has 0 amide bonds. The van der Waals surface area contributed by atoms with Crippen molar-refractivity contribution in [2.75, 3.05) is 6.61 Å². The maximum absolute atomic E-state index is 11.9. The van der Waals surface area contributed by atoms with Crippen molar-refractivity contribution in [1.29, 1.82) is 0 Å². The average molecular weight is 231 g/mol. The lowest BCUT2D eigenvalue weighted by molar-refractivity contribution is -0.213. The molecule has 1 aliphatic carbocycles. The van der Waals surface area contributed by atoms with Gasteiger partial charge < -0.3 is 4.74 Å². The average Bonchev–Trinajstić information content (AvgIpc) is 2.08. The predicted octanol–water partition coefficient (Wildman–Crippen LogP) is 3.36. The van der Waals surface area contributed by atoms with Crippen LogP contribution >= 0.6 is 11.6 Å². The Labute approximate surface area is 86.6 Å². The van der Waals surface area contributed by atoms with E-state index in [9.17, 15) is 13.2 Å². The molecule has 3 atom stereocenters. The summed E-state index contributed by atoms with van der Waals surface area (Å²) in [6.07, 6.45) is -3.34. The zero-order valence-corrected chi connectivity index (χ0v) is 8.95. The lowest BCUT2D eigenvalue weighted by Gasteiger charge is -2.50. The van der Waals surface area contributed by atoms with E-state index < -0.39 is 12.8 Å². The zero-order chi connectivity index (χ0) is 11.0. The normalized spacial score (nSPS) is 38.1. The summed E-state index contributed by atoms with van der Waals surface area (Å²) >= 11 is 5.94. The molecule has 0 saturated heterocycles. The van der Waals surface area contributed by atoms with E-state index in [4.69, 9.17) is 16.3 Å². The first-order valence-corrected chi connectivity index (χ1v) is 5.05. The summed E-state index contributed by atoms with van der Waals surface area (Å²) in [5.41, 5.74) is -0.299. The van der Waals surface area contributed by atoms with Gasteiger partial charge in [-0.25, -0.2) is 0 Å². The Hall–Kier alpha value is 0.0400. The molecule has 0 radical (unpaired) electrons. The van der Waals surface area contributed by atoms with Crippen LogP contribution in [0.25, 0.3) is 0 Å². The van der Waals surface area contributed by atoms with E-state index >= 15 is 0 Å². The van der Waals surface area contributed by atoms with E-state index in [0.717, 1.165) is 6.42 Å². The van der Waals surface area contributed by atoms with Crippen LogP contribution in [-0.4, -0.2) is 24.3 Å². The molecule has 84 valence electrons. The molecular formula is C9H14ClF3O. The number of hydrogen-bond acceptors (Lipinski definition) is 1. The van der Waals surface area contributed by atoms with Gasteiger partial charge in [0.2, 0.25) is 0 Å². The van der Waals surface area contributed by atoms with Crippen LogP contribution in [0.1, 0.15) is 26.7 Å². The van der Waals surface area contributed by atoms with Gasteiger partial charge in [0.1, 0.15) is 6.61 Å². The van der Waals surface area contributed by atoms with Gasteiger partial charge in [-0.3, -0.25) is 0 Å². The van der Waals surface area contributed by atoms with Gasteiger partial charge in [0.15, 0.2) is 0 Å². The lowest BCUT2D eigenvalue weighted by atomic mass is 9.65. The van der Waals surface area contributed by atoms with Gasteiger partial charge in [-0.1, -0.05) is 13.8 Å². The number of halogens is 4. The van der Waals surface area contributed by atoms with Gasteiger partial charge in [0, 0.05) is 10.8 Å². The van der Waals surface area contributed by atoms with E-state index in [1.807, 2.05) is 13.8 Å². The SMILES string of the molecule is CCC1(C)C(Cl)CC1OCC(F)(F)F. The molecule has 1 nitrogen and oxygen atoms in total. The third kappa shape index (κ3) is 2.34. The lowest BCUT2D eigenvalue weighted by Crippen LogP contribution is -2.54. The van der Waals surface area contributed by atoms with Crippen molar-refractivity contribution in [2.24, 2.45) is 5.41 Å². The fraction of sp³-hybridized carbons (Fsp3) is 1.00. The quantitative estimate of drug-likeness (QED) is 0.676. The standard InChI is InChI=1S/C9H14ClF3O/c1-3-8(2)6(10)4-7(8)14-5-9(11,12)13/h6-7H,3-5H2,1-2H3. The zero-order valence-electron chi connectivity index (χ0n) is 8.20.